The van der Waals surface area contributed by atoms with Crippen LogP contribution >= 0.6 is 0 Å². The molecule has 0 aliphatic heterocycles. The highest BCUT2D eigenvalue weighted by Crippen LogP contribution is 2.00. The minimum absolute atomic E-state index is 0.0294. The van der Waals surface area contributed by atoms with E-state index in [2.05, 4.69) is 0 Å². The summed E-state index contributed by atoms with van der Waals surface area (Å²) in [5, 5.41) is 8.44. The molecule has 3 unspecified atom stereocenters. The fourth-order valence-electron chi connectivity index (χ4n) is 1.19. The number of rotatable bonds is 11. The molecule has 6 nitrogen and oxygen atoms in total. The molecular weight excluding hydrogens is 240 g/mol. The van der Waals surface area contributed by atoms with E-state index in [1.165, 1.54) is 0 Å². The molecule has 0 saturated heterocycles. The van der Waals surface area contributed by atoms with Gasteiger partial charge in [0.15, 0.2) is 0 Å². The lowest BCUT2D eigenvalue weighted by Gasteiger charge is -2.19. The van der Waals surface area contributed by atoms with Gasteiger partial charge in [0.2, 0.25) is 0 Å². The molecule has 0 rings (SSSR count). The van der Waals surface area contributed by atoms with Crippen LogP contribution in [-0.2, 0) is 23.7 Å². The first-order valence-electron chi connectivity index (χ1n) is 6.01. The van der Waals surface area contributed by atoms with E-state index < -0.39 is 5.97 Å². The van der Waals surface area contributed by atoms with E-state index in [0.717, 1.165) is 0 Å². The monoisotopic (exact) mass is 264 g/mol. The second-order valence-corrected chi connectivity index (χ2v) is 4.26. The van der Waals surface area contributed by atoms with Crippen molar-refractivity contribution in [2.45, 2.75) is 39.1 Å². The fourth-order valence-corrected chi connectivity index (χ4v) is 1.19. The second-order valence-electron chi connectivity index (χ2n) is 4.26. The topological polar surface area (TPSA) is 74.2 Å². The fraction of sp³-hybridized carbons (Fsp3) is 0.917. The Labute approximate surface area is 108 Å². The van der Waals surface area contributed by atoms with E-state index in [1.807, 2.05) is 13.8 Å². The summed E-state index contributed by atoms with van der Waals surface area (Å²) in [6, 6.07) is 0. The summed E-state index contributed by atoms with van der Waals surface area (Å²) in [5.74, 6) is -0.980. The average molecular weight is 264 g/mol. The number of carbonyl (C=O) groups is 1. The zero-order valence-corrected chi connectivity index (χ0v) is 11.5. The van der Waals surface area contributed by atoms with E-state index in [-0.39, 0.29) is 24.9 Å². The number of aliphatic carboxylic acids is 1. The Hall–Kier alpha value is -0.690. The van der Waals surface area contributed by atoms with Crippen molar-refractivity contribution < 1.29 is 28.8 Å². The number of carboxylic acid groups (broad SMARTS) is 1. The molecule has 0 aliphatic rings. The third-order valence-corrected chi connectivity index (χ3v) is 2.12. The Kier molecular flexibility index (Phi) is 9.86. The molecule has 0 amide bonds. The molecule has 0 saturated carbocycles. The Morgan fingerprint density at radius 1 is 0.944 bits per heavy atom. The largest absolute Gasteiger partial charge is 0.480 e. The maximum Gasteiger partial charge on any atom is 0.329 e. The van der Waals surface area contributed by atoms with E-state index in [9.17, 15) is 4.79 Å². The van der Waals surface area contributed by atoms with Crippen LogP contribution in [0.2, 0.25) is 0 Å². The number of methoxy groups -OCH3 is 1. The van der Waals surface area contributed by atoms with Crippen LogP contribution in [0.4, 0.5) is 0 Å². The van der Waals surface area contributed by atoms with E-state index in [0.29, 0.717) is 19.8 Å². The number of ether oxygens (including phenoxy) is 4. The number of hydrogen-bond donors (Lipinski definition) is 1. The maximum atomic E-state index is 10.3. The van der Waals surface area contributed by atoms with Crippen LogP contribution in [0, 0.1) is 0 Å². The molecular formula is C12H24O6. The van der Waals surface area contributed by atoms with E-state index >= 15 is 0 Å². The van der Waals surface area contributed by atoms with Crippen molar-refractivity contribution in [2.75, 3.05) is 33.5 Å². The van der Waals surface area contributed by atoms with Gasteiger partial charge in [-0.25, -0.2) is 4.79 Å². The molecule has 0 bridgehead atoms. The predicted molar refractivity (Wildman–Crippen MR) is 65.8 cm³/mol. The molecule has 6 heteroatoms. The highest BCUT2D eigenvalue weighted by molar-refractivity contribution is 5.68. The minimum Gasteiger partial charge on any atom is -0.480 e. The Morgan fingerprint density at radius 2 is 1.39 bits per heavy atom. The van der Waals surface area contributed by atoms with Gasteiger partial charge in [-0.15, -0.1) is 0 Å². The van der Waals surface area contributed by atoms with Gasteiger partial charge in [0.1, 0.15) is 6.61 Å². The molecule has 3 atom stereocenters. The SMILES string of the molecule is COCC(C)OCC(C)OCC(C)OCC(=O)O. The van der Waals surface area contributed by atoms with Crippen molar-refractivity contribution in [3.63, 3.8) is 0 Å². The van der Waals surface area contributed by atoms with Crippen LogP contribution in [0.1, 0.15) is 20.8 Å². The minimum atomic E-state index is -0.980. The lowest BCUT2D eigenvalue weighted by Crippen LogP contribution is -2.27. The highest BCUT2D eigenvalue weighted by Gasteiger charge is 2.10. The van der Waals surface area contributed by atoms with Crippen molar-refractivity contribution in [1.82, 2.24) is 0 Å². The first-order valence-corrected chi connectivity index (χ1v) is 6.01. The average Bonchev–Trinajstić information content (AvgIpc) is 2.31. The molecule has 0 radical (unpaired) electrons. The zero-order valence-electron chi connectivity index (χ0n) is 11.5. The standard InChI is InChI=1S/C12H24O6/c1-9(5-15-4)16-6-10(2)17-7-11(3)18-8-12(13)14/h9-11H,5-8H2,1-4H3,(H,13,14). The molecule has 0 fully saturated rings. The van der Waals surface area contributed by atoms with Gasteiger partial charge in [-0.05, 0) is 20.8 Å². The molecule has 0 spiro atoms. The smallest absolute Gasteiger partial charge is 0.329 e. The summed E-state index contributed by atoms with van der Waals surface area (Å²) in [5.41, 5.74) is 0. The molecule has 18 heavy (non-hydrogen) atoms. The summed E-state index contributed by atoms with van der Waals surface area (Å²) in [7, 11) is 1.63. The van der Waals surface area contributed by atoms with Gasteiger partial charge >= 0.3 is 5.97 Å². The quantitative estimate of drug-likeness (QED) is 0.598. The maximum absolute atomic E-state index is 10.3. The van der Waals surface area contributed by atoms with Crippen molar-refractivity contribution in [1.29, 1.82) is 0 Å². The van der Waals surface area contributed by atoms with E-state index in [1.54, 1.807) is 14.0 Å². The molecule has 0 aromatic carbocycles. The first kappa shape index (κ1) is 17.3. The molecule has 1 N–H and O–H groups in total. The van der Waals surface area contributed by atoms with Crippen molar-refractivity contribution in [2.24, 2.45) is 0 Å². The predicted octanol–water partition coefficient (Wildman–Crippen LogP) is 0.933. The van der Waals surface area contributed by atoms with Crippen LogP contribution in [0.15, 0.2) is 0 Å². The highest BCUT2D eigenvalue weighted by atomic mass is 16.6. The van der Waals surface area contributed by atoms with Crippen LogP contribution < -0.4 is 0 Å². The zero-order chi connectivity index (χ0) is 14.0. The normalized spacial score (nSPS) is 16.2. The Balaban J connectivity index is 3.56. The van der Waals surface area contributed by atoms with Crippen LogP contribution in [0.5, 0.6) is 0 Å². The van der Waals surface area contributed by atoms with Gasteiger partial charge < -0.3 is 24.1 Å². The lowest BCUT2D eigenvalue weighted by atomic mass is 10.4. The van der Waals surface area contributed by atoms with Crippen LogP contribution in [0.3, 0.4) is 0 Å². The molecule has 108 valence electrons. The molecule has 0 aromatic rings. The molecule has 0 aliphatic carbocycles. The third kappa shape index (κ3) is 10.5. The summed E-state index contributed by atoms with van der Waals surface area (Å²) in [6.45, 7) is 6.64. The van der Waals surface area contributed by atoms with Crippen molar-refractivity contribution >= 4 is 5.97 Å². The lowest BCUT2D eigenvalue weighted by molar-refractivity contribution is -0.146. The summed E-state index contributed by atoms with van der Waals surface area (Å²) >= 11 is 0. The van der Waals surface area contributed by atoms with Crippen molar-refractivity contribution in [3.05, 3.63) is 0 Å². The molecule has 0 heterocycles. The van der Waals surface area contributed by atoms with Gasteiger partial charge in [0, 0.05) is 7.11 Å². The van der Waals surface area contributed by atoms with Crippen LogP contribution in [0.25, 0.3) is 0 Å². The Bertz CT molecular complexity index is 221. The van der Waals surface area contributed by atoms with Gasteiger partial charge in [-0.3, -0.25) is 0 Å². The van der Waals surface area contributed by atoms with Gasteiger partial charge in [0.05, 0.1) is 38.1 Å². The van der Waals surface area contributed by atoms with Gasteiger partial charge in [-0.1, -0.05) is 0 Å². The van der Waals surface area contributed by atoms with Gasteiger partial charge in [0.25, 0.3) is 0 Å². The summed E-state index contributed by atoms with van der Waals surface area (Å²) in [4.78, 5) is 10.3. The Morgan fingerprint density at radius 3 is 1.83 bits per heavy atom. The number of carboxylic acids is 1. The van der Waals surface area contributed by atoms with E-state index in [4.69, 9.17) is 24.1 Å². The second kappa shape index (κ2) is 10.3. The summed E-state index contributed by atoms with van der Waals surface area (Å²) in [6.07, 6.45) is -0.290. The third-order valence-electron chi connectivity index (χ3n) is 2.12. The molecule has 0 aromatic heterocycles. The first-order chi connectivity index (χ1) is 8.45. The number of hydrogen-bond acceptors (Lipinski definition) is 5. The van der Waals surface area contributed by atoms with Crippen LogP contribution in [-0.4, -0.2) is 62.9 Å². The van der Waals surface area contributed by atoms with Gasteiger partial charge in [-0.2, -0.15) is 0 Å². The van der Waals surface area contributed by atoms with Crippen molar-refractivity contribution in [3.8, 4) is 0 Å². The summed E-state index contributed by atoms with van der Waals surface area (Å²) < 4.78 is 21.0.